The minimum Gasteiger partial charge on any atom is -0.346 e. The molecule has 0 aliphatic carbocycles. The average molecular weight is 258 g/mol. The zero-order valence-electron chi connectivity index (χ0n) is 8.81. The van der Waals surface area contributed by atoms with E-state index < -0.39 is 28.6 Å². The Morgan fingerprint density at radius 2 is 2.18 bits per heavy atom. The Bertz CT molecular complexity index is 571. The number of nitrogens with two attached hydrogens (primary N) is 1. The predicted octanol–water partition coefficient (Wildman–Crippen LogP) is -0.0420. The van der Waals surface area contributed by atoms with Crippen LogP contribution in [0.2, 0.25) is 0 Å². The Kier molecular flexibility index (Phi) is 2.88. The fraction of sp³-hybridized carbons (Fsp3) is 0.300. The van der Waals surface area contributed by atoms with Gasteiger partial charge in [0.2, 0.25) is 10.0 Å². The number of fused-ring (bicyclic) bond motifs is 1. The highest BCUT2D eigenvalue weighted by molar-refractivity contribution is 7.89. The molecule has 1 aliphatic heterocycles. The molecule has 1 heterocycles. The number of hydrogen-bond donors (Lipinski definition) is 2. The number of halogens is 1. The van der Waals surface area contributed by atoms with Gasteiger partial charge in [0.05, 0.1) is 10.9 Å². The van der Waals surface area contributed by atoms with E-state index in [9.17, 15) is 17.6 Å². The number of carbonyl (C=O) groups is 1. The molecular weight excluding hydrogens is 247 g/mol. The number of primary sulfonamides is 1. The minimum absolute atomic E-state index is 0.120. The van der Waals surface area contributed by atoms with Crippen LogP contribution in [-0.2, 0) is 16.4 Å². The number of benzene rings is 1. The second kappa shape index (κ2) is 4.08. The fourth-order valence-corrected chi connectivity index (χ4v) is 2.33. The Balaban J connectivity index is 2.48. The first-order valence-corrected chi connectivity index (χ1v) is 6.49. The van der Waals surface area contributed by atoms with Crippen LogP contribution in [0.3, 0.4) is 0 Å². The summed E-state index contributed by atoms with van der Waals surface area (Å²) in [4.78, 5) is 11.5. The lowest BCUT2D eigenvalue weighted by molar-refractivity contribution is 0.0917. The summed E-state index contributed by atoms with van der Waals surface area (Å²) in [7, 11) is -3.83. The molecule has 1 aromatic rings. The van der Waals surface area contributed by atoms with E-state index in [0.717, 1.165) is 0 Å². The van der Waals surface area contributed by atoms with Gasteiger partial charge < -0.3 is 5.32 Å². The largest absolute Gasteiger partial charge is 0.346 e. The van der Waals surface area contributed by atoms with Gasteiger partial charge in [-0.1, -0.05) is 6.07 Å². The summed E-state index contributed by atoms with van der Waals surface area (Å²) in [6.45, 7) is -0.651. The quantitative estimate of drug-likeness (QED) is 0.780. The third-order valence-corrected chi connectivity index (χ3v) is 3.55. The van der Waals surface area contributed by atoms with Gasteiger partial charge in [-0.2, -0.15) is 0 Å². The van der Waals surface area contributed by atoms with Gasteiger partial charge in [0.1, 0.15) is 6.67 Å². The molecule has 0 saturated carbocycles. The van der Waals surface area contributed by atoms with Gasteiger partial charge >= 0.3 is 0 Å². The van der Waals surface area contributed by atoms with Crippen LogP contribution in [0, 0.1) is 0 Å². The predicted molar refractivity (Wildman–Crippen MR) is 58.7 cm³/mol. The summed E-state index contributed by atoms with van der Waals surface area (Å²) in [5.74, 6) is -0.473. The van der Waals surface area contributed by atoms with Crippen molar-refractivity contribution in [3.8, 4) is 0 Å². The van der Waals surface area contributed by atoms with Crippen molar-refractivity contribution in [3.05, 3.63) is 29.3 Å². The molecule has 5 nitrogen and oxygen atoms in total. The molecule has 2 rings (SSSR count). The van der Waals surface area contributed by atoms with E-state index in [1.807, 2.05) is 0 Å². The standard InChI is InChI=1S/C10H11FN2O3S/c11-5-7-3-6-1-2-8(17(12,15)16)4-9(6)10(14)13-7/h1-2,4,7H,3,5H2,(H,13,14)(H2,12,15,16)/t7-/m0/s1. The van der Waals surface area contributed by atoms with Crippen LogP contribution in [-0.4, -0.2) is 27.0 Å². The molecule has 0 unspecified atom stereocenters. The van der Waals surface area contributed by atoms with Crippen LogP contribution >= 0.6 is 0 Å². The number of carbonyl (C=O) groups excluding carboxylic acids is 1. The molecule has 1 atom stereocenters. The van der Waals surface area contributed by atoms with Crippen LogP contribution in [0.15, 0.2) is 23.1 Å². The number of nitrogens with one attached hydrogen (secondary N) is 1. The molecule has 3 N–H and O–H groups in total. The van der Waals surface area contributed by atoms with Gasteiger partial charge in [-0.25, -0.2) is 17.9 Å². The van der Waals surface area contributed by atoms with Crippen LogP contribution in [0.4, 0.5) is 4.39 Å². The summed E-state index contributed by atoms with van der Waals surface area (Å²) < 4.78 is 34.7. The van der Waals surface area contributed by atoms with E-state index in [2.05, 4.69) is 5.32 Å². The van der Waals surface area contributed by atoms with Gasteiger partial charge in [0.25, 0.3) is 5.91 Å². The Labute approximate surface area is 97.9 Å². The van der Waals surface area contributed by atoms with Crippen molar-refractivity contribution in [2.75, 3.05) is 6.67 Å². The molecule has 1 amide bonds. The normalized spacial score (nSPS) is 19.6. The Morgan fingerprint density at radius 3 is 2.76 bits per heavy atom. The summed E-state index contributed by atoms with van der Waals surface area (Å²) in [6, 6.07) is 3.49. The first-order chi connectivity index (χ1) is 7.91. The molecule has 0 bridgehead atoms. The van der Waals surface area contributed by atoms with E-state index in [1.165, 1.54) is 18.2 Å². The van der Waals surface area contributed by atoms with Gasteiger partial charge in [-0.05, 0) is 24.1 Å². The third kappa shape index (κ3) is 2.29. The smallest absolute Gasteiger partial charge is 0.251 e. The monoisotopic (exact) mass is 258 g/mol. The maximum atomic E-state index is 12.5. The molecule has 17 heavy (non-hydrogen) atoms. The molecule has 0 fully saturated rings. The van der Waals surface area contributed by atoms with E-state index in [0.29, 0.717) is 12.0 Å². The number of alkyl halides is 1. The number of sulfonamides is 1. The highest BCUT2D eigenvalue weighted by Gasteiger charge is 2.25. The molecule has 0 aromatic heterocycles. The zero-order valence-corrected chi connectivity index (χ0v) is 9.63. The third-order valence-electron chi connectivity index (χ3n) is 2.64. The van der Waals surface area contributed by atoms with Crippen molar-refractivity contribution < 1.29 is 17.6 Å². The zero-order chi connectivity index (χ0) is 12.6. The lowest BCUT2D eigenvalue weighted by Crippen LogP contribution is -2.42. The van der Waals surface area contributed by atoms with Crippen LogP contribution in [0.5, 0.6) is 0 Å². The Hall–Kier alpha value is -1.47. The average Bonchev–Trinajstić information content (AvgIpc) is 2.27. The first kappa shape index (κ1) is 12.0. The molecule has 7 heteroatoms. The van der Waals surface area contributed by atoms with E-state index in [-0.39, 0.29) is 10.5 Å². The van der Waals surface area contributed by atoms with Crippen molar-refractivity contribution in [1.82, 2.24) is 5.32 Å². The van der Waals surface area contributed by atoms with E-state index >= 15 is 0 Å². The first-order valence-electron chi connectivity index (χ1n) is 4.94. The van der Waals surface area contributed by atoms with Crippen molar-refractivity contribution in [1.29, 1.82) is 0 Å². The van der Waals surface area contributed by atoms with Crippen molar-refractivity contribution in [3.63, 3.8) is 0 Å². The molecule has 1 aliphatic rings. The molecule has 0 spiro atoms. The van der Waals surface area contributed by atoms with Crippen LogP contribution in [0.25, 0.3) is 0 Å². The highest BCUT2D eigenvalue weighted by atomic mass is 32.2. The topological polar surface area (TPSA) is 89.3 Å². The molecule has 92 valence electrons. The van der Waals surface area contributed by atoms with Gasteiger partial charge in [-0.15, -0.1) is 0 Å². The molecule has 1 aromatic carbocycles. The number of hydrogen-bond acceptors (Lipinski definition) is 3. The van der Waals surface area contributed by atoms with Crippen molar-refractivity contribution in [2.45, 2.75) is 17.4 Å². The summed E-state index contributed by atoms with van der Waals surface area (Å²) >= 11 is 0. The van der Waals surface area contributed by atoms with E-state index in [4.69, 9.17) is 5.14 Å². The molecular formula is C10H11FN2O3S. The molecule has 0 radical (unpaired) electrons. The Morgan fingerprint density at radius 1 is 1.47 bits per heavy atom. The lowest BCUT2D eigenvalue weighted by atomic mass is 9.96. The fourth-order valence-electron chi connectivity index (χ4n) is 1.79. The van der Waals surface area contributed by atoms with Crippen molar-refractivity contribution >= 4 is 15.9 Å². The SMILES string of the molecule is NS(=O)(=O)c1ccc2c(c1)C(=O)N[C@H](CF)C2. The van der Waals surface area contributed by atoms with Crippen LogP contribution < -0.4 is 10.5 Å². The van der Waals surface area contributed by atoms with Gasteiger partial charge in [0.15, 0.2) is 0 Å². The number of amides is 1. The summed E-state index contributed by atoms with van der Waals surface area (Å²) in [5, 5.41) is 7.42. The van der Waals surface area contributed by atoms with Crippen molar-refractivity contribution in [2.24, 2.45) is 5.14 Å². The lowest BCUT2D eigenvalue weighted by Gasteiger charge is -2.23. The van der Waals surface area contributed by atoms with Gasteiger partial charge in [0, 0.05) is 5.56 Å². The second-order valence-corrected chi connectivity index (χ2v) is 5.45. The van der Waals surface area contributed by atoms with E-state index in [1.54, 1.807) is 0 Å². The highest BCUT2D eigenvalue weighted by Crippen LogP contribution is 2.20. The maximum Gasteiger partial charge on any atom is 0.251 e. The summed E-state index contributed by atoms with van der Waals surface area (Å²) in [6.07, 6.45) is 0.350. The summed E-state index contributed by atoms with van der Waals surface area (Å²) in [5.41, 5.74) is 0.866. The number of rotatable bonds is 2. The second-order valence-electron chi connectivity index (χ2n) is 3.89. The van der Waals surface area contributed by atoms with Gasteiger partial charge in [-0.3, -0.25) is 4.79 Å². The van der Waals surface area contributed by atoms with Crippen LogP contribution in [0.1, 0.15) is 15.9 Å². The molecule has 0 saturated heterocycles. The maximum absolute atomic E-state index is 12.5. The minimum atomic E-state index is -3.83.